The van der Waals surface area contributed by atoms with Crippen LogP contribution in [0.4, 0.5) is 0 Å². The van der Waals surface area contributed by atoms with Crippen molar-refractivity contribution in [3.05, 3.63) is 130 Å². The molecule has 3 aromatic carbocycles. The third-order valence-electron chi connectivity index (χ3n) is 5.97. The molecule has 0 saturated carbocycles. The van der Waals surface area contributed by atoms with E-state index in [4.69, 9.17) is 23.2 Å². The summed E-state index contributed by atoms with van der Waals surface area (Å²) in [6, 6.07) is 26.9. The van der Waals surface area contributed by atoms with Gasteiger partial charge in [-0.25, -0.2) is 5.01 Å². The molecule has 2 nitrogen and oxygen atoms in total. The van der Waals surface area contributed by atoms with Crippen LogP contribution in [0.1, 0.15) is 23.1 Å². The number of hydrogen-bond donors (Lipinski definition) is 1. The maximum Gasteiger partial charge on any atom is 0.0882 e. The van der Waals surface area contributed by atoms with Gasteiger partial charge in [-0.05, 0) is 58.2 Å². The molecule has 1 unspecified atom stereocenters. The van der Waals surface area contributed by atoms with Crippen molar-refractivity contribution in [3.63, 3.8) is 0 Å². The van der Waals surface area contributed by atoms with Gasteiger partial charge in [0.05, 0.1) is 5.54 Å². The third kappa shape index (κ3) is 3.95. The van der Waals surface area contributed by atoms with E-state index in [2.05, 4.69) is 83.3 Å². The first-order chi connectivity index (χ1) is 15.1. The van der Waals surface area contributed by atoms with Gasteiger partial charge < -0.3 is 5.43 Å². The van der Waals surface area contributed by atoms with Crippen molar-refractivity contribution < 1.29 is 0 Å². The fourth-order valence-corrected chi connectivity index (χ4v) is 4.66. The fourth-order valence-electron chi connectivity index (χ4n) is 4.41. The predicted octanol–water partition coefficient (Wildman–Crippen LogP) is 7.09. The summed E-state index contributed by atoms with van der Waals surface area (Å²) in [4.78, 5) is 0. The van der Waals surface area contributed by atoms with E-state index in [9.17, 15) is 0 Å². The SMILES string of the molecule is Clc1ccc(C2=CC(c3ccccc3)(N3CC=CN3)CC(c3ccc(Cl)cc3)=C2)cc1. The summed E-state index contributed by atoms with van der Waals surface area (Å²) in [5.74, 6) is 0. The van der Waals surface area contributed by atoms with Gasteiger partial charge in [0.1, 0.15) is 0 Å². The Labute approximate surface area is 193 Å². The van der Waals surface area contributed by atoms with E-state index in [0.29, 0.717) is 0 Å². The number of hydrazine groups is 1. The van der Waals surface area contributed by atoms with Gasteiger partial charge >= 0.3 is 0 Å². The average molecular weight is 445 g/mol. The van der Waals surface area contributed by atoms with Gasteiger partial charge in [0.25, 0.3) is 0 Å². The molecule has 31 heavy (non-hydrogen) atoms. The monoisotopic (exact) mass is 444 g/mol. The van der Waals surface area contributed by atoms with E-state index < -0.39 is 0 Å². The van der Waals surface area contributed by atoms with Gasteiger partial charge in [-0.1, -0.05) is 90.0 Å². The van der Waals surface area contributed by atoms with E-state index in [-0.39, 0.29) is 5.54 Å². The number of nitrogens with zero attached hydrogens (tertiary/aromatic N) is 1. The molecule has 0 saturated heterocycles. The zero-order valence-electron chi connectivity index (χ0n) is 16.9. The maximum absolute atomic E-state index is 6.18. The first-order valence-electron chi connectivity index (χ1n) is 10.3. The van der Waals surface area contributed by atoms with Crippen LogP contribution in [0.25, 0.3) is 11.1 Å². The summed E-state index contributed by atoms with van der Waals surface area (Å²) in [6.07, 6.45) is 9.67. The first kappa shape index (κ1) is 20.1. The van der Waals surface area contributed by atoms with E-state index in [1.807, 2.05) is 30.5 Å². The molecule has 0 bridgehead atoms. The van der Waals surface area contributed by atoms with Crippen molar-refractivity contribution >= 4 is 34.3 Å². The van der Waals surface area contributed by atoms with Gasteiger partial charge in [0.15, 0.2) is 0 Å². The van der Waals surface area contributed by atoms with Crippen molar-refractivity contribution in [1.29, 1.82) is 0 Å². The Kier molecular flexibility index (Phi) is 5.45. The molecule has 5 rings (SSSR count). The van der Waals surface area contributed by atoms with Crippen molar-refractivity contribution in [2.24, 2.45) is 0 Å². The second-order valence-corrected chi connectivity index (χ2v) is 8.77. The highest BCUT2D eigenvalue weighted by molar-refractivity contribution is 6.30. The van der Waals surface area contributed by atoms with Crippen LogP contribution in [-0.2, 0) is 5.54 Å². The molecule has 4 heteroatoms. The molecule has 2 aliphatic rings. The zero-order valence-corrected chi connectivity index (χ0v) is 18.4. The van der Waals surface area contributed by atoms with Gasteiger partial charge in [-0.2, -0.15) is 0 Å². The van der Waals surface area contributed by atoms with Crippen LogP contribution in [0.5, 0.6) is 0 Å². The first-order valence-corrected chi connectivity index (χ1v) is 11.1. The Balaban J connectivity index is 1.70. The minimum atomic E-state index is -0.344. The molecule has 1 aliphatic carbocycles. The van der Waals surface area contributed by atoms with E-state index in [1.165, 1.54) is 22.3 Å². The predicted molar refractivity (Wildman–Crippen MR) is 131 cm³/mol. The zero-order chi connectivity index (χ0) is 21.3. The van der Waals surface area contributed by atoms with Crippen molar-refractivity contribution in [3.8, 4) is 0 Å². The van der Waals surface area contributed by atoms with E-state index in [0.717, 1.165) is 28.6 Å². The van der Waals surface area contributed by atoms with Crippen LogP contribution < -0.4 is 5.43 Å². The summed E-state index contributed by atoms with van der Waals surface area (Å²) in [7, 11) is 0. The van der Waals surface area contributed by atoms with Gasteiger partial charge in [-0.15, -0.1) is 0 Å². The Morgan fingerprint density at radius 1 is 0.774 bits per heavy atom. The number of hydrogen-bond acceptors (Lipinski definition) is 2. The second-order valence-electron chi connectivity index (χ2n) is 7.89. The maximum atomic E-state index is 6.18. The number of nitrogens with one attached hydrogen (secondary N) is 1. The molecule has 0 amide bonds. The standard InChI is InChI=1S/C27H22Cl2N2/c28-25-11-7-20(8-12-25)22-17-23(21-9-13-26(29)14-10-21)19-27(18-22,31-16-4-15-30-31)24-5-2-1-3-6-24/h1-15,17-18,30H,16,19H2. The molecule has 0 fully saturated rings. The van der Waals surface area contributed by atoms with Crippen molar-refractivity contribution in [2.75, 3.05) is 6.54 Å². The Hall–Kier alpha value is -2.78. The van der Waals surface area contributed by atoms with Gasteiger partial charge in [-0.3, -0.25) is 0 Å². The minimum absolute atomic E-state index is 0.344. The number of rotatable bonds is 4. The highest BCUT2D eigenvalue weighted by atomic mass is 35.5. The van der Waals surface area contributed by atoms with Crippen molar-refractivity contribution in [1.82, 2.24) is 10.4 Å². The number of benzene rings is 3. The molecule has 3 aromatic rings. The van der Waals surface area contributed by atoms with Gasteiger partial charge in [0.2, 0.25) is 0 Å². The van der Waals surface area contributed by atoms with Crippen LogP contribution in [0.15, 0.2) is 103 Å². The lowest BCUT2D eigenvalue weighted by molar-refractivity contribution is 0.119. The fraction of sp³-hybridized carbons (Fsp3) is 0.111. The van der Waals surface area contributed by atoms with Crippen molar-refractivity contribution in [2.45, 2.75) is 12.0 Å². The van der Waals surface area contributed by atoms with Crippen LogP contribution in [-0.4, -0.2) is 11.6 Å². The molecule has 0 radical (unpaired) electrons. The summed E-state index contributed by atoms with van der Waals surface area (Å²) in [5.41, 5.74) is 9.13. The molecule has 0 aromatic heterocycles. The lowest BCUT2D eigenvalue weighted by Crippen LogP contribution is -2.49. The molecule has 1 atom stereocenters. The molecule has 0 spiro atoms. The number of allylic oxidation sites excluding steroid dienone is 2. The Bertz CT molecular complexity index is 1150. The van der Waals surface area contributed by atoms with Crippen LogP contribution in [0.3, 0.4) is 0 Å². The Morgan fingerprint density at radius 2 is 1.42 bits per heavy atom. The Morgan fingerprint density at radius 3 is 2.03 bits per heavy atom. The topological polar surface area (TPSA) is 15.3 Å². The summed E-state index contributed by atoms with van der Waals surface area (Å²) in [5, 5.41) is 3.79. The summed E-state index contributed by atoms with van der Waals surface area (Å²) < 4.78 is 0. The molecule has 154 valence electrons. The molecule has 1 N–H and O–H groups in total. The quantitative estimate of drug-likeness (QED) is 0.461. The second kappa shape index (κ2) is 8.39. The highest BCUT2D eigenvalue weighted by Gasteiger charge is 2.40. The average Bonchev–Trinajstić information content (AvgIpc) is 3.36. The smallest absolute Gasteiger partial charge is 0.0882 e. The largest absolute Gasteiger partial charge is 0.325 e. The molecular formula is C27H22Cl2N2. The van der Waals surface area contributed by atoms with E-state index >= 15 is 0 Å². The van der Waals surface area contributed by atoms with Crippen LogP contribution in [0.2, 0.25) is 10.0 Å². The normalized spacial score (nSPS) is 20.8. The third-order valence-corrected chi connectivity index (χ3v) is 6.47. The minimum Gasteiger partial charge on any atom is -0.325 e. The lowest BCUT2D eigenvalue weighted by atomic mass is 9.75. The number of halogens is 2. The van der Waals surface area contributed by atoms with Gasteiger partial charge in [0, 0.05) is 29.2 Å². The molecule has 1 aliphatic heterocycles. The molecular weight excluding hydrogens is 423 g/mol. The van der Waals surface area contributed by atoms with E-state index in [1.54, 1.807) is 0 Å². The summed E-state index contributed by atoms with van der Waals surface area (Å²) in [6.45, 7) is 0.827. The van der Waals surface area contributed by atoms with Crippen LogP contribution in [0, 0.1) is 0 Å². The van der Waals surface area contributed by atoms with Crippen LogP contribution >= 0.6 is 23.2 Å². The summed E-state index contributed by atoms with van der Waals surface area (Å²) >= 11 is 12.3. The highest BCUT2D eigenvalue weighted by Crippen LogP contribution is 2.45. The molecule has 1 heterocycles. The lowest BCUT2D eigenvalue weighted by Gasteiger charge is -2.43.